The van der Waals surface area contributed by atoms with E-state index in [1.54, 1.807) is 24.3 Å². The summed E-state index contributed by atoms with van der Waals surface area (Å²) in [5.41, 5.74) is 0.290. The molecule has 0 aliphatic carbocycles. The van der Waals surface area contributed by atoms with Gasteiger partial charge in [0.1, 0.15) is 12.1 Å². The van der Waals surface area contributed by atoms with E-state index >= 15 is 0 Å². The molecule has 2 aromatic carbocycles. The molecular formula is C17H14N6O5. The van der Waals surface area contributed by atoms with Gasteiger partial charge in [-0.3, -0.25) is 20.2 Å². The van der Waals surface area contributed by atoms with Gasteiger partial charge in [-0.1, -0.05) is 6.07 Å². The lowest BCUT2D eigenvalue weighted by atomic mass is 10.2. The molecule has 0 unspecified atom stereocenters. The molecule has 11 heteroatoms. The highest BCUT2D eigenvalue weighted by molar-refractivity contribution is 5.77. The molecule has 0 fully saturated rings. The second kappa shape index (κ2) is 7.95. The number of hydrogen-bond donors (Lipinski definition) is 2. The van der Waals surface area contributed by atoms with Crippen molar-refractivity contribution in [1.82, 2.24) is 9.97 Å². The molecule has 0 radical (unpaired) electrons. The normalized spacial score (nSPS) is 10.2. The maximum absolute atomic E-state index is 11.6. The maximum atomic E-state index is 11.6. The number of nitro groups is 2. The lowest BCUT2D eigenvalue weighted by Gasteiger charge is -2.10. The first-order valence-electron chi connectivity index (χ1n) is 7.90. The van der Waals surface area contributed by atoms with E-state index in [9.17, 15) is 20.2 Å². The van der Waals surface area contributed by atoms with Crippen molar-refractivity contribution in [2.24, 2.45) is 0 Å². The molecular weight excluding hydrogens is 368 g/mol. The van der Waals surface area contributed by atoms with E-state index in [0.29, 0.717) is 11.4 Å². The van der Waals surface area contributed by atoms with Gasteiger partial charge in [0.05, 0.1) is 17.0 Å². The van der Waals surface area contributed by atoms with Crippen molar-refractivity contribution in [2.45, 2.75) is 0 Å². The van der Waals surface area contributed by atoms with Gasteiger partial charge in [0, 0.05) is 23.5 Å². The Bertz CT molecular complexity index is 1020. The van der Waals surface area contributed by atoms with Crippen LogP contribution >= 0.6 is 0 Å². The molecule has 0 saturated heterocycles. The standard InChI is InChI=1S/C17H14N6O5/c1-28-14-7-5-11(6-8-14)20-16-15(23(26)27)17(19-10-18-16)21-12-3-2-4-13(9-12)22(24)25/h2-10H,1H3,(H2,18,19,20,21). The molecule has 11 nitrogen and oxygen atoms in total. The number of benzene rings is 2. The molecule has 3 aromatic rings. The van der Waals surface area contributed by atoms with Crippen molar-refractivity contribution in [3.05, 3.63) is 75.1 Å². The van der Waals surface area contributed by atoms with E-state index in [1.165, 1.54) is 31.4 Å². The summed E-state index contributed by atoms with van der Waals surface area (Å²) < 4.78 is 5.07. The Morgan fingerprint density at radius 1 is 0.893 bits per heavy atom. The van der Waals surface area contributed by atoms with E-state index in [0.717, 1.165) is 6.33 Å². The maximum Gasteiger partial charge on any atom is 0.353 e. The summed E-state index contributed by atoms with van der Waals surface area (Å²) >= 11 is 0. The lowest BCUT2D eigenvalue weighted by Crippen LogP contribution is -2.05. The summed E-state index contributed by atoms with van der Waals surface area (Å²) in [6.45, 7) is 0. The molecule has 0 atom stereocenters. The van der Waals surface area contributed by atoms with Crippen molar-refractivity contribution < 1.29 is 14.6 Å². The molecule has 0 bridgehead atoms. The molecule has 142 valence electrons. The second-order valence-corrected chi connectivity index (χ2v) is 5.46. The van der Waals surface area contributed by atoms with Gasteiger partial charge in [0.25, 0.3) is 5.69 Å². The smallest absolute Gasteiger partial charge is 0.353 e. The second-order valence-electron chi connectivity index (χ2n) is 5.46. The van der Waals surface area contributed by atoms with Crippen LogP contribution in [0.3, 0.4) is 0 Å². The Labute approximate surface area is 158 Å². The summed E-state index contributed by atoms with van der Waals surface area (Å²) in [4.78, 5) is 29.2. The molecule has 1 heterocycles. The van der Waals surface area contributed by atoms with Crippen LogP contribution in [0.4, 0.5) is 34.4 Å². The van der Waals surface area contributed by atoms with Gasteiger partial charge in [0.2, 0.25) is 11.6 Å². The van der Waals surface area contributed by atoms with Crippen LogP contribution in [0.5, 0.6) is 5.75 Å². The molecule has 3 rings (SSSR count). The number of rotatable bonds is 7. The number of ether oxygens (including phenoxy) is 1. The highest BCUT2D eigenvalue weighted by atomic mass is 16.6. The van der Waals surface area contributed by atoms with Gasteiger partial charge in [-0.15, -0.1) is 0 Å². The third kappa shape index (κ3) is 4.09. The average Bonchev–Trinajstić information content (AvgIpc) is 2.68. The van der Waals surface area contributed by atoms with E-state index in [4.69, 9.17) is 4.74 Å². The minimum atomic E-state index is -0.633. The SMILES string of the molecule is COc1ccc(Nc2ncnc(Nc3cccc([N+](=O)[O-])c3)c2[N+](=O)[O-])cc1. The monoisotopic (exact) mass is 382 g/mol. The minimum Gasteiger partial charge on any atom is -0.497 e. The number of methoxy groups -OCH3 is 1. The number of aromatic nitrogens is 2. The zero-order chi connectivity index (χ0) is 20.1. The molecule has 0 saturated carbocycles. The van der Waals surface area contributed by atoms with Crippen LogP contribution in [0.1, 0.15) is 0 Å². The first-order chi connectivity index (χ1) is 13.5. The summed E-state index contributed by atoms with van der Waals surface area (Å²) in [5.74, 6) is 0.505. The summed E-state index contributed by atoms with van der Waals surface area (Å²) in [5, 5.41) is 28.1. The third-order valence-electron chi connectivity index (χ3n) is 3.68. The summed E-state index contributed by atoms with van der Waals surface area (Å²) in [7, 11) is 1.53. The number of nitro benzene ring substituents is 1. The van der Waals surface area contributed by atoms with Crippen LogP contribution in [-0.2, 0) is 0 Å². The summed E-state index contributed by atoms with van der Waals surface area (Å²) in [6.07, 6.45) is 1.15. The van der Waals surface area contributed by atoms with Crippen molar-refractivity contribution >= 4 is 34.4 Å². The van der Waals surface area contributed by atoms with Crippen LogP contribution < -0.4 is 15.4 Å². The average molecular weight is 382 g/mol. The molecule has 2 N–H and O–H groups in total. The quantitative estimate of drug-likeness (QED) is 0.460. The molecule has 28 heavy (non-hydrogen) atoms. The highest BCUT2D eigenvalue weighted by Crippen LogP contribution is 2.33. The molecule has 0 spiro atoms. The van der Waals surface area contributed by atoms with E-state index < -0.39 is 15.5 Å². The summed E-state index contributed by atoms with van der Waals surface area (Å²) in [6, 6.07) is 12.3. The van der Waals surface area contributed by atoms with Gasteiger partial charge in [-0.2, -0.15) is 0 Å². The molecule has 0 aliphatic heterocycles. The first kappa shape index (κ1) is 18.5. The van der Waals surface area contributed by atoms with Crippen LogP contribution in [0.25, 0.3) is 0 Å². The van der Waals surface area contributed by atoms with Crippen LogP contribution in [-0.4, -0.2) is 26.9 Å². The highest BCUT2D eigenvalue weighted by Gasteiger charge is 2.23. The Morgan fingerprint density at radius 3 is 2.11 bits per heavy atom. The fourth-order valence-corrected chi connectivity index (χ4v) is 2.38. The lowest BCUT2D eigenvalue weighted by molar-refractivity contribution is -0.384. The zero-order valence-electron chi connectivity index (χ0n) is 14.5. The first-order valence-corrected chi connectivity index (χ1v) is 7.90. The van der Waals surface area contributed by atoms with Crippen molar-refractivity contribution in [1.29, 1.82) is 0 Å². The van der Waals surface area contributed by atoms with E-state index in [-0.39, 0.29) is 23.0 Å². The van der Waals surface area contributed by atoms with Gasteiger partial charge in [-0.25, -0.2) is 9.97 Å². The van der Waals surface area contributed by atoms with Crippen LogP contribution in [0.15, 0.2) is 54.9 Å². The van der Waals surface area contributed by atoms with E-state index in [2.05, 4.69) is 20.6 Å². The topological polar surface area (TPSA) is 145 Å². The number of hydrogen-bond acceptors (Lipinski definition) is 9. The number of anilines is 4. The van der Waals surface area contributed by atoms with Gasteiger partial charge in [-0.05, 0) is 30.3 Å². The van der Waals surface area contributed by atoms with Crippen molar-refractivity contribution in [3.8, 4) is 5.75 Å². The number of non-ortho nitro benzene ring substituents is 1. The number of nitrogens with one attached hydrogen (secondary N) is 2. The third-order valence-corrected chi connectivity index (χ3v) is 3.68. The molecule has 1 aromatic heterocycles. The number of nitrogens with zero attached hydrogens (tertiary/aromatic N) is 4. The van der Waals surface area contributed by atoms with Crippen molar-refractivity contribution in [2.75, 3.05) is 17.7 Å². The Hall–Kier alpha value is -4.28. The van der Waals surface area contributed by atoms with Gasteiger partial charge < -0.3 is 15.4 Å². The largest absolute Gasteiger partial charge is 0.497 e. The fourth-order valence-electron chi connectivity index (χ4n) is 2.38. The van der Waals surface area contributed by atoms with E-state index in [1.807, 2.05) is 0 Å². The fraction of sp³-hybridized carbons (Fsp3) is 0.0588. The Morgan fingerprint density at radius 2 is 1.54 bits per heavy atom. The van der Waals surface area contributed by atoms with Crippen LogP contribution in [0.2, 0.25) is 0 Å². The Balaban J connectivity index is 1.94. The molecule has 0 amide bonds. The van der Waals surface area contributed by atoms with Crippen molar-refractivity contribution in [3.63, 3.8) is 0 Å². The van der Waals surface area contributed by atoms with Gasteiger partial charge in [0.15, 0.2) is 0 Å². The molecule has 0 aliphatic rings. The van der Waals surface area contributed by atoms with Gasteiger partial charge >= 0.3 is 5.69 Å². The predicted octanol–water partition coefficient (Wildman–Crippen LogP) is 3.79. The minimum absolute atomic E-state index is 0.0295. The van der Waals surface area contributed by atoms with Crippen LogP contribution in [0, 0.1) is 20.2 Å². The predicted molar refractivity (Wildman–Crippen MR) is 101 cm³/mol. The Kier molecular flexibility index (Phi) is 5.25. The zero-order valence-corrected chi connectivity index (χ0v) is 14.5.